The van der Waals surface area contributed by atoms with E-state index >= 15 is 0 Å². The molecule has 1 heterocycles. The number of pyridine rings is 1. The Morgan fingerprint density at radius 3 is 2.10 bits per heavy atom. The third-order valence-electron chi connectivity index (χ3n) is 5.60. The van der Waals surface area contributed by atoms with Crippen molar-refractivity contribution in [3.8, 4) is 0 Å². The molecule has 0 unspecified atom stereocenters. The van der Waals surface area contributed by atoms with Gasteiger partial charge in [-0.15, -0.1) is 0 Å². The molecule has 0 aliphatic heterocycles. The largest absolute Gasteiger partial charge is 0.264 e. The van der Waals surface area contributed by atoms with Gasteiger partial charge in [0.1, 0.15) is 0 Å². The maximum atomic E-state index is 4.19. The maximum Gasteiger partial charge on any atom is 0.0346 e. The minimum absolute atomic E-state index is 0.847. The quantitative estimate of drug-likeness (QED) is 0.340. The van der Waals surface area contributed by atoms with E-state index in [0.717, 1.165) is 12.3 Å². The van der Waals surface area contributed by atoms with Crippen molar-refractivity contribution in [2.75, 3.05) is 0 Å². The molecular formula is C28H33N. The Labute approximate surface area is 175 Å². The minimum Gasteiger partial charge on any atom is -0.264 e. The van der Waals surface area contributed by atoms with Crippen LogP contribution in [0.1, 0.15) is 61.8 Å². The van der Waals surface area contributed by atoms with Gasteiger partial charge in [0.15, 0.2) is 0 Å². The van der Waals surface area contributed by atoms with Gasteiger partial charge in [-0.05, 0) is 77.4 Å². The highest BCUT2D eigenvalue weighted by Crippen LogP contribution is 2.43. The summed E-state index contributed by atoms with van der Waals surface area (Å²) in [6.45, 7) is 10.5. The van der Waals surface area contributed by atoms with Crippen molar-refractivity contribution in [3.63, 3.8) is 0 Å². The molecule has 0 atom stereocenters. The number of benzene rings is 3. The average Bonchev–Trinajstić information content (AvgIpc) is 3.61. The summed E-state index contributed by atoms with van der Waals surface area (Å²) in [5.74, 6) is 0.847. The van der Waals surface area contributed by atoms with Gasteiger partial charge in [0.2, 0.25) is 0 Å². The summed E-state index contributed by atoms with van der Waals surface area (Å²) in [6.07, 6.45) is 7.71. The van der Waals surface area contributed by atoms with Crippen LogP contribution in [0.15, 0.2) is 67.0 Å². The van der Waals surface area contributed by atoms with Gasteiger partial charge in [0.05, 0.1) is 0 Å². The second kappa shape index (κ2) is 9.69. The molecule has 0 spiro atoms. The Morgan fingerprint density at radius 2 is 1.41 bits per heavy atom. The van der Waals surface area contributed by atoms with Gasteiger partial charge in [-0.2, -0.15) is 0 Å². The van der Waals surface area contributed by atoms with Crippen LogP contribution in [0.25, 0.3) is 21.5 Å². The zero-order valence-corrected chi connectivity index (χ0v) is 18.5. The Morgan fingerprint density at radius 1 is 0.759 bits per heavy atom. The Balaban J connectivity index is 0.000000153. The van der Waals surface area contributed by atoms with Crippen LogP contribution in [0.5, 0.6) is 0 Å². The first-order chi connectivity index (χ1) is 14.2. The first kappa shape index (κ1) is 21.0. The predicted molar refractivity (Wildman–Crippen MR) is 128 cm³/mol. The molecule has 0 bridgehead atoms. The van der Waals surface area contributed by atoms with Crippen molar-refractivity contribution >= 4 is 21.5 Å². The summed E-state index contributed by atoms with van der Waals surface area (Å²) in [5, 5.41) is 5.52. The summed E-state index contributed by atoms with van der Waals surface area (Å²) in [6, 6.07) is 19.7. The van der Waals surface area contributed by atoms with Gasteiger partial charge in [0.25, 0.3) is 0 Å². The van der Waals surface area contributed by atoms with Crippen molar-refractivity contribution in [1.82, 2.24) is 4.98 Å². The fraction of sp³-hybridized carbons (Fsp3) is 0.321. The molecule has 29 heavy (non-hydrogen) atoms. The highest BCUT2D eigenvalue weighted by molar-refractivity contribution is 5.89. The monoisotopic (exact) mass is 383 g/mol. The number of hydrogen-bond acceptors (Lipinski definition) is 1. The molecule has 0 amide bonds. The van der Waals surface area contributed by atoms with E-state index in [1.165, 1.54) is 51.1 Å². The van der Waals surface area contributed by atoms with Crippen LogP contribution in [0.2, 0.25) is 0 Å². The van der Waals surface area contributed by atoms with Crippen molar-refractivity contribution in [3.05, 3.63) is 89.2 Å². The molecule has 0 radical (unpaired) electrons. The minimum atomic E-state index is 0.847. The lowest BCUT2D eigenvalue weighted by Gasteiger charge is -2.07. The fourth-order valence-corrected chi connectivity index (χ4v) is 4.09. The van der Waals surface area contributed by atoms with Crippen LogP contribution in [0.3, 0.4) is 0 Å². The molecule has 150 valence electrons. The second-order valence-electron chi connectivity index (χ2n) is 7.62. The van der Waals surface area contributed by atoms with Gasteiger partial charge >= 0.3 is 0 Å². The molecule has 5 rings (SSSR count). The fourth-order valence-electron chi connectivity index (χ4n) is 4.09. The third kappa shape index (κ3) is 4.67. The highest BCUT2D eigenvalue weighted by Gasteiger charge is 2.25. The lowest BCUT2D eigenvalue weighted by molar-refractivity contribution is 1.15. The van der Waals surface area contributed by atoms with E-state index in [2.05, 4.69) is 80.4 Å². The summed E-state index contributed by atoms with van der Waals surface area (Å²) in [7, 11) is 0. The van der Waals surface area contributed by atoms with Gasteiger partial charge < -0.3 is 0 Å². The Bertz CT molecular complexity index is 1080. The van der Waals surface area contributed by atoms with Gasteiger partial charge in [0, 0.05) is 17.8 Å². The van der Waals surface area contributed by atoms with E-state index in [0.29, 0.717) is 0 Å². The smallest absolute Gasteiger partial charge is 0.0346 e. The van der Waals surface area contributed by atoms with Crippen LogP contribution < -0.4 is 0 Å². The number of hydrogen-bond donors (Lipinski definition) is 0. The van der Waals surface area contributed by atoms with Crippen molar-refractivity contribution in [2.45, 2.75) is 59.8 Å². The van der Waals surface area contributed by atoms with Gasteiger partial charge in [-0.1, -0.05) is 75.4 Å². The number of rotatable bonds is 2. The molecule has 1 aliphatic carbocycles. The van der Waals surface area contributed by atoms with Crippen LogP contribution in [-0.4, -0.2) is 4.98 Å². The number of fused-ring (bicyclic) bond motifs is 2. The molecule has 3 aromatic carbocycles. The van der Waals surface area contributed by atoms with Gasteiger partial charge in [-0.25, -0.2) is 0 Å². The number of aryl methyl sites for hydroxylation is 3. The van der Waals surface area contributed by atoms with E-state index in [1.54, 1.807) is 5.56 Å². The van der Waals surface area contributed by atoms with E-state index in [4.69, 9.17) is 0 Å². The summed E-state index contributed by atoms with van der Waals surface area (Å²) in [5.41, 5.74) is 5.68. The standard InChI is InChI=1S/C14H14.C12H13N.C2H6/c1-10-4-2-5-12-6-3-7-13(14(10)12)11-8-9-11;1-3-10-5-4-6-11-8-13-7-9(2)12(10)11;1-2/h2-7,11H,8-9H2,1H3;4-8H,3H2,1-2H3;1-2H3. The SMILES string of the molecule is CC.CCc1cccc2cncc(C)c12.Cc1cccc2cccc(C3CC3)c12. The second-order valence-corrected chi connectivity index (χ2v) is 7.62. The molecule has 1 aromatic heterocycles. The Hall–Kier alpha value is -2.67. The first-order valence-corrected chi connectivity index (χ1v) is 11.0. The van der Waals surface area contributed by atoms with Crippen molar-refractivity contribution < 1.29 is 0 Å². The summed E-state index contributed by atoms with van der Waals surface area (Å²) < 4.78 is 0. The predicted octanol–water partition coefficient (Wildman–Crippen LogP) is 8.16. The topological polar surface area (TPSA) is 12.9 Å². The van der Waals surface area contributed by atoms with E-state index in [-0.39, 0.29) is 0 Å². The molecule has 1 heteroatoms. The van der Waals surface area contributed by atoms with Crippen LogP contribution in [0, 0.1) is 13.8 Å². The van der Waals surface area contributed by atoms with E-state index in [1.807, 2.05) is 26.2 Å². The normalized spacial score (nSPS) is 12.7. The third-order valence-corrected chi connectivity index (χ3v) is 5.60. The number of aromatic nitrogens is 1. The van der Waals surface area contributed by atoms with Crippen LogP contribution in [0.4, 0.5) is 0 Å². The van der Waals surface area contributed by atoms with Gasteiger partial charge in [-0.3, -0.25) is 4.98 Å². The molecule has 0 N–H and O–H groups in total. The zero-order chi connectivity index (χ0) is 20.8. The lowest BCUT2D eigenvalue weighted by atomic mass is 9.97. The van der Waals surface area contributed by atoms with Crippen LogP contribution >= 0.6 is 0 Å². The van der Waals surface area contributed by atoms with E-state index < -0.39 is 0 Å². The highest BCUT2D eigenvalue weighted by atomic mass is 14.6. The molecule has 1 nitrogen and oxygen atoms in total. The average molecular weight is 384 g/mol. The summed E-state index contributed by atoms with van der Waals surface area (Å²) >= 11 is 0. The van der Waals surface area contributed by atoms with E-state index in [9.17, 15) is 0 Å². The molecule has 1 aliphatic rings. The molecule has 4 aromatic rings. The summed E-state index contributed by atoms with van der Waals surface area (Å²) in [4.78, 5) is 4.19. The first-order valence-electron chi connectivity index (χ1n) is 11.0. The molecular weight excluding hydrogens is 350 g/mol. The maximum absolute atomic E-state index is 4.19. The molecule has 1 saturated carbocycles. The molecule has 0 saturated heterocycles. The lowest BCUT2D eigenvalue weighted by Crippen LogP contribution is -1.87. The zero-order valence-electron chi connectivity index (χ0n) is 18.5. The Kier molecular flexibility index (Phi) is 7.04. The van der Waals surface area contributed by atoms with Crippen molar-refractivity contribution in [1.29, 1.82) is 0 Å². The number of nitrogens with zero attached hydrogens (tertiary/aromatic N) is 1. The molecule has 1 fully saturated rings. The van der Waals surface area contributed by atoms with Crippen LogP contribution in [-0.2, 0) is 6.42 Å². The van der Waals surface area contributed by atoms with Crippen molar-refractivity contribution in [2.24, 2.45) is 0 Å².